The van der Waals surface area contributed by atoms with E-state index in [2.05, 4.69) is 20.7 Å². The van der Waals surface area contributed by atoms with E-state index in [1.165, 1.54) is 31.9 Å². The molecule has 27 heavy (non-hydrogen) atoms. The third kappa shape index (κ3) is 5.32. The molecule has 1 aliphatic heterocycles. The summed E-state index contributed by atoms with van der Waals surface area (Å²) in [5.41, 5.74) is 1.50. The second-order valence-electron chi connectivity index (χ2n) is 6.19. The van der Waals surface area contributed by atoms with E-state index in [-0.39, 0.29) is 23.2 Å². The van der Waals surface area contributed by atoms with Crippen LogP contribution in [0.1, 0.15) is 18.9 Å². The molecule has 1 amide bonds. The van der Waals surface area contributed by atoms with Gasteiger partial charge in [-0.25, -0.2) is 13.1 Å². The molecular formula is C17H23BrN2O5S2. The molecule has 0 saturated carbocycles. The molecule has 2 rings (SSSR count). The molecule has 0 spiro atoms. The Bertz CT molecular complexity index is 829. The third-order valence-corrected chi connectivity index (χ3v) is 7.36. The molecule has 150 valence electrons. The smallest absolute Gasteiger partial charge is 0.242 e. The Hall–Kier alpha value is -0.940. The standard InChI is InChI=1S/C17H23BrN2O5S2/c1-11(21)20-6-4-12-8-13(18)17(9-15(12)20)27(23,24)19-14(5-7-26-3)16(22)10-25-2/h8-9,14,19H,4-7,10H2,1-3H3. The zero-order chi connectivity index (χ0) is 20.2. The Balaban J connectivity index is 2.36. The van der Waals surface area contributed by atoms with Crippen molar-refractivity contribution in [3.05, 3.63) is 22.2 Å². The monoisotopic (exact) mass is 478 g/mol. The van der Waals surface area contributed by atoms with Crippen molar-refractivity contribution in [3.8, 4) is 0 Å². The number of anilines is 1. The van der Waals surface area contributed by atoms with Crippen LogP contribution in [0.25, 0.3) is 0 Å². The van der Waals surface area contributed by atoms with E-state index < -0.39 is 16.1 Å². The fraction of sp³-hybridized carbons (Fsp3) is 0.529. The fourth-order valence-corrected chi connectivity index (χ4v) is 5.77. The summed E-state index contributed by atoms with van der Waals surface area (Å²) in [6.45, 7) is 1.81. The van der Waals surface area contributed by atoms with Gasteiger partial charge in [-0.05, 0) is 58.5 Å². The molecule has 10 heteroatoms. The number of ether oxygens (including phenoxy) is 1. The van der Waals surface area contributed by atoms with Crippen molar-refractivity contribution in [1.29, 1.82) is 0 Å². The number of carbonyl (C=O) groups excluding carboxylic acids is 2. The van der Waals surface area contributed by atoms with E-state index in [0.717, 1.165) is 5.56 Å². The average molecular weight is 479 g/mol. The van der Waals surface area contributed by atoms with Crippen molar-refractivity contribution in [2.45, 2.75) is 30.7 Å². The maximum atomic E-state index is 13.0. The van der Waals surface area contributed by atoms with E-state index in [9.17, 15) is 18.0 Å². The summed E-state index contributed by atoms with van der Waals surface area (Å²) in [7, 11) is -2.58. The minimum atomic E-state index is -3.98. The lowest BCUT2D eigenvalue weighted by Crippen LogP contribution is -2.42. The van der Waals surface area contributed by atoms with Crippen LogP contribution >= 0.6 is 27.7 Å². The van der Waals surface area contributed by atoms with Crippen LogP contribution in [0.15, 0.2) is 21.5 Å². The van der Waals surface area contributed by atoms with Gasteiger partial charge in [0.15, 0.2) is 5.78 Å². The van der Waals surface area contributed by atoms with Gasteiger partial charge in [-0.2, -0.15) is 11.8 Å². The number of fused-ring (bicyclic) bond motifs is 1. The van der Waals surface area contributed by atoms with E-state index in [4.69, 9.17) is 4.74 Å². The van der Waals surface area contributed by atoms with Crippen LogP contribution in [0.2, 0.25) is 0 Å². The summed E-state index contributed by atoms with van der Waals surface area (Å²) in [6.07, 6.45) is 2.93. The number of sulfonamides is 1. The van der Waals surface area contributed by atoms with Crippen LogP contribution in [-0.4, -0.2) is 58.4 Å². The van der Waals surface area contributed by atoms with Gasteiger partial charge >= 0.3 is 0 Å². The average Bonchev–Trinajstić information content (AvgIpc) is 3.00. The molecular weight excluding hydrogens is 456 g/mol. The minimum absolute atomic E-state index is 0.00812. The highest BCUT2D eigenvalue weighted by Gasteiger charge is 2.30. The molecule has 0 bridgehead atoms. The molecule has 7 nitrogen and oxygen atoms in total. The van der Waals surface area contributed by atoms with Gasteiger partial charge in [0.1, 0.15) is 6.61 Å². The van der Waals surface area contributed by atoms with Crippen molar-refractivity contribution in [3.63, 3.8) is 0 Å². The summed E-state index contributed by atoms with van der Waals surface area (Å²) in [5.74, 6) is 0.171. The molecule has 1 aromatic rings. The number of Topliss-reactive ketones (excluding diaryl/α,β-unsaturated/α-hetero) is 1. The number of thioether (sulfide) groups is 1. The molecule has 1 N–H and O–H groups in total. The number of benzene rings is 1. The molecule has 1 aliphatic rings. The number of amides is 1. The Morgan fingerprint density at radius 2 is 2.11 bits per heavy atom. The van der Waals surface area contributed by atoms with Crippen LogP contribution in [0.3, 0.4) is 0 Å². The van der Waals surface area contributed by atoms with E-state index in [1.807, 2.05) is 6.26 Å². The Morgan fingerprint density at radius 3 is 2.70 bits per heavy atom. The van der Waals surface area contributed by atoms with Gasteiger partial charge in [0.05, 0.1) is 10.9 Å². The summed E-state index contributed by atoms with van der Waals surface area (Å²) in [5, 5.41) is 0. The predicted molar refractivity (Wildman–Crippen MR) is 110 cm³/mol. The SMILES string of the molecule is COCC(=O)C(CCSC)NS(=O)(=O)c1cc2c(cc1Br)CCN2C(C)=O. The first kappa shape index (κ1) is 22.4. The van der Waals surface area contributed by atoms with Crippen LogP contribution in [-0.2, 0) is 30.8 Å². The van der Waals surface area contributed by atoms with Crippen molar-refractivity contribution < 1.29 is 22.7 Å². The maximum Gasteiger partial charge on any atom is 0.242 e. The zero-order valence-corrected chi connectivity index (χ0v) is 18.7. The van der Waals surface area contributed by atoms with Crippen LogP contribution in [0.5, 0.6) is 0 Å². The highest BCUT2D eigenvalue weighted by molar-refractivity contribution is 9.10. The number of nitrogens with one attached hydrogen (secondary N) is 1. The van der Waals surface area contributed by atoms with Gasteiger partial charge in [-0.3, -0.25) is 9.59 Å². The first-order chi connectivity index (χ1) is 12.7. The first-order valence-electron chi connectivity index (χ1n) is 8.34. The number of nitrogens with zero attached hydrogens (tertiary/aromatic N) is 1. The number of hydrogen-bond acceptors (Lipinski definition) is 6. The molecule has 1 aromatic carbocycles. The molecule has 0 aliphatic carbocycles. The topological polar surface area (TPSA) is 92.8 Å². The molecule has 0 fully saturated rings. The maximum absolute atomic E-state index is 13.0. The summed E-state index contributed by atoms with van der Waals surface area (Å²) >= 11 is 4.85. The summed E-state index contributed by atoms with van der Waals surface area (Å²) in [6, 6.07) is 2.34. The Morgan fingerprint density at radius 1 is 1.41 bits per heavy atom. The van der Waals surface area contributed by atoms with Crippen molar-refractivity contribution in [1.82, 2.24) is 4.72 Å². The van der Waals surface area contributed by atoms with Crippen LogP contribution in [0.4, 0.5) is 5.69 Å². The molecule has 1 heterocycles. The minimum Gasteiger partial charge on any atom is -0.377 e. The highest BCUT2D eigenvalue weighted by atomic mass is 79.9. The highest BCUT2D eigenvalue weighted by Crippen LogP contribution is 2.35. The Labute approximate surface area is 172 Å². The molecule has 0 saturated heterocycles. The van der Waals surface area contributed by atoms with Gasteiger partial charge in [0.2, 0.25) is 15.9 Å². The molecule has 1 atom stereocenters. The quantitative estimate of drug-likeness (QED) is 0.583. The predicted octanol–water partition coefficient (Wildman–Crippen LogP) is 1.97. The number of halogens is 1. The number of rotatable bonds is 9. The summed E-state index contributed by atoms with van der Waals surface area (Å²) in [4.78, 5) is 25.6. The lowest BCUT2D eigenvalue weighted by atomic mass is 10.1. The van der Waals surface area contributed by atoms with Gasteiger partial charge in [0, 0.05) is 30.7 Å². The summed E-state index contributed by atoms with van der Waals surface area (Å²) < 4.78 is 33.7. The van der Waals surface area contributed by atoms with Gasteiger partial charge < -0.3 is 9.64 Å². The second kappa shape index (κ2) is 9.51. The van der Waals surface area contributed by atoms with Gasteiger partial charge in [-0.1, -0.05) is 0 Å². The molecule has 0 radical (unpaired) electrons. The second-order valence-corrected chi connectivity index (χ2v) is 9.71. The number of carbonyl (C=O) groups is 2. The van der Waals surface area contributed by atoms with E-state index in [1.54, 1.807) is 11.0 Å². The van der Waals surface area contributed by atoms with Crippen molar-refractivity contribution >= 4 is 55.1 Å². The van der Waals surface area contributed by atoms with E-state index in [0.29, 0.717) is 35.3 Å². The fourth-order valence-electron chi connectivity index (χ4n) is 2.94. The zero-order valence-electron chi connectivity index (χ0n) is 15.5. The van der Waals surface area contributed by atoms with Crippen molar-refractivity contribution in [2.75, 3.05) is 37.2 Å². The lowest BCUT2D eigenvalue weighted by molar-refractivity contribution is -0.124. The number of hydrogen-bond donors (Lipinski definition) is 1. The lowest BCUT2D eigenvalue weighted by Gasteiger charge is -2.20. The number of ketones is 1. The first-order valence-corrected chi connectivity index (χ1v) is 12.0. The Kier molecular flexibility index (Phi) is 7.87. The normalized spacial score (nSPS) is 14.9. The van der Waals surface area contributed by atoms with Crippen LogP contribution < -0.4 is 9.62 Å². The van der Waals surface area contributed by atoms with Crippen LogP contribution in [0, 0.1) is 0 Å². The van der Waals surface area contributed by atoms with Crippen molar-refractivity contribution in [2.24, 2.45) is 0 Å². The molecule has 1 unspecified atom stereocenters. The van der Waals surface area contributed by atoms with Gasteiger partial charge in [-0.15, -0.1) is 0 Å². The van der Waals surface area contributed by atoms with Gasteiger partial charge in [0.25, 0.3) is 0 Å². The number of methoxy groups -OCH3 is 1. The third-order valence-electron chi connectivity index (χ3n) is 4.28. The molecule has 0 aromatic heterocycles. The largest absolute Gasteiger partial charge is 0.377 e. The van der Waals surface area contributed by atoms with E-state index >= 15 is 0 Å².